The van der Waals surface area contributed by atoms with E-state index in [1.165, 1.54) is 10.6 Å². The number of carbonyl (C=O) groups excluding carboxylic acids is 1. The highest BCUT2D eigenvalue weighted by molar-refractivity contribution is 6.53. The summed E-state index contributed by atoms with van der Waals surface area (Å²) in [5, 5.41) is 11.0. The van der Waals surface area contributed by atoms with Crippen LogP contribution in [0.4, 0.5) is 11.4 Å². The topological polar surface area (TPSA) is 121 Å². The average molecular weight is 734 g/mol. The molecule has 4 aromatic rings. The van der Waals surface area contributed by atoms with Crippen LogP contribution in [-0.4, -0.2) is 50.5 Å². The van der Waals surface area contributed by atoms with Gasteiger partial charge < -0.3 is 15.5 Å². The van der Waals surface area contributed by atoms with Crippen LogP contribution in [-0.2, 0) is 4.79 Å². The van der Waals surface area contributed by atoms with Crippen molar-refractivity contribution >= 4 is 86.3 Å². The minimum atomic E-state index is -0.607. The molecule has 1 aromatic carbocycles. The molecule has 244 valence electrons. The Labute approximate surface area is 297 Å². The molecular formula is C33H30Cl5N7O2. The van der Waals surface area contributed by atoms with E-state index in [4.69, 9.17) is 68.7 Å². The van der Waals surface area contributed by atoms with Gasteiger partial charge in [-0.05, 0) is 50.5 Å². The zero-order valence-corrected chi connectivity index (χ0v) is 29.9. The lowest BCUT2D eigenvalue weighted by Gasteiger charge is -2.45. The van der Waals surface area contributed by atoms with Crippen LogP contribution >= 0.6 is 58.0 Å². The number of nitrogen functional groups attached to an aromatic ring is 1. The van der Waals surface area contributed by atoms with Crippen molar-refractivity contribution in [2.75, 3.05) is 23.7 Å². The molecule has 2 N–H and O–H groups in total. The van der Waals surface area contributed by atoms with Gasteiger partial charge in [0.2, 0.25) is 5.91 Å². The van der Waals surface area contributed by atoms with Crippen molar-refractivity contribution in [2.24, 2.45) is 0 Å². The molecule has 14 heteroatoms. The van der Waals surface area contributed by atoms with E-state index in [-0.39, 0.29) is 77.2 Å². The number of fused-ring (bicyclic) bond motifs is 1. The van der Waals surface area contributed by atoms with E-state index in [0.717, 1.165) is 5.56 Å². The Kier molecular flexibility index (Phi) is 9.76. The van der Waals surface area contributed by atoms with E-state index in [0.29, 0.717) is 35.5 Å². The van der Waals surface area contributed by atoms with Crippen molar-refractivity contribution < 1.29 is 4.79 Å². The van der Waals surface area contributed by atoms with Gasteiger partial charge >= 0.3 is 0 Å². The number of aryl methyl sites for hydroxylation is 1. The number of nitriles is 1. The summed E-state index contributed by atoms with van der Waals surface area (Å²) in [6.45, 7) is 13.8. The number of hydrogen-bond donors (Lipinski definition) is 1. The molecule has 3 aromatic heterocycles. The first-order valence-electron chi connectivity index (χ1n) is 14.6. The fraction of sp³-hybridized carbons (Fsp3) is 0.303. The van der Waals surface area contributed by atoms with Crippen LogP contribution in [0.1, 0.15) is 50.4 Å². The Balaban J connectivity index is 1.95. The summed E-state index contributed by atoms with van der Waals surface area (Å²) in [5.41, 5.74) is 8.01. The molecule has 0 saturated carbocycles. The maximum Gasteiger partial charge on any atom is 0.276 e. The van der Waals surface area contributed by atoms with Crippen molar-refractivity contribution in [3.05, 3.63) is 83.3 Å². The van der Waals surface area contributed by atoms with Crippen molar-refractivity contribution in [3.63, 3.8) is 0 Å². The van der Waals surface area contributed by atoms with Crippen molar-refractivity contribution in [3.8, 4) is 23.0 Å². The molecule has 0 spiro atoms. The standard InChI is InChI=1S/C33H30Cl5N7O2/c1-7-21(46)44-16(5)12-43(13-17(44)6)31-18-10-20(34)29(22-23(35)25(37)26(38)27(40)24(22)36)42-32(18)45(33(47)19(31)11-39)30-15(4)8-9-41-28(30)14(2)3/h7-10,14,16-17H,1,12-13,40H2,2-6H3/t16-,17+. The first-order chi connectivity index (χ1) is 22.2. The number of benzene rings is 1. The summed E-state index contributed by atoms with van der Waals surface area (Å²) in [4.78, 5) is 40.5. The molecule has 47 heavy (non-hydrogen) atoms. The number of hydrogen-bond acceptors (Lipinski definition) is 7. The fourth-order valence-corrected chi connectivity index (χ4v) is 7.60. The van der Waals surface area contributed by atoms with Gasteiger partial charge in [-0.2, -0.15) is 5.26 Å². The highest BCUT2D eigenvalue weighted by Gasteiger charge is 2.35. The number of amides is 1. The van der Waals surface area contributed by atoms with Crippen LogP contribution in [0.2, 0.25) is 25.1 Å². The lowest BCUT2D eigenvalue weighted by atomic mass is 10.0. The lowest BCUT2D eigenvalue weighted by molar-refractivity contribution is -0.130. The third-order valence-corrected chi connectivity index (χ3v) is 10.3. The number of rotatable bonds is 5. The number of carbonyl (C=O) groups is 1. The van der Waals surface area contributed by atoms with Gasteiger partial charge in [0.15, 0.2) is 0 Å². The molecule has 1 fully saturated rings. The number of nitrogens with zero attached hydrogens (tertiary/aromatic N) is 6. The van der Waals surface area contributed by atoms with Crippen molar-refractivity contribution in [1.82, 2.24) is 19.4 Å². The zero-order chi connectivity index (χ0) is 34.6. The van der Waals surface area contributed by atoms with Crippen LogP contribution < -0.4 is 16.2 Å². The second-order valence-electron chi connectivity index (χ2n) is 11.8. The molecule has 1 saturated heterocycles. The first-order valence-corrected chi connectivity index (χ1v) is 16.5. The minimum Gasteiger partial charge on any atom is -0.396 e. The summed E-state index contributed by atoms with van der Waals surface area (Å²) < 4.78 is 1.39. The third kappa shape index (κ3) is 5.70. The molecule has 5 rings (SSSR count). The Hall–Kier alpha value is -3.52. The van der Waals surface area contributed by atoms with Gasteiger partial charge in [-0.1, -0.05) is 78.4 Å². The molecule has 0 radical (unpaired) electrons. The van der Waals surface area contributed by atoms with Crippen LogP contribution in [0.15, 0.2) is 35.8 Å². The summed E-state index contributed by atoms with van der Waals surface area (Å²) in [5.74, 6) is -0.303. The van der Waals surface area contributed by atoms with E-state index in [1.54, 1.807) is 23.2 Å². The molecule has 2 atom stereocenters. The summed E-state index contributed by atoms with van der Waals surface area (Å²) in [6.07, 6.45) is 2.95. The fourth-order valence-electron chi connectivity index (χ4n) is 6.27. The normalized spacial score (nSPS) is 16.6. The second-order valence-corrected chi connectivity index (χ2v) is 13.7. The molecule has 1 aliphatic rings. The number of anilines is 2. The number of pyridine rings is 3. The number of nitrogens with two attached hydrogens (primary N) is 1. The van der Waals surface area contributed by atoms with Gasteiger partial charge in [0, 0.05) is 42.3 Å². The predicted octanol–water partition coefficient (Wildman–Crippen LogP) is 8.21. The molecular weight excluding hydrogens is 704 g/mol. The first kappa shape index (κ1) is 34.8. The van der Waals surface area contributed by atoms with Gasteiger partial charge in [-0.15, -0.1) is 0 Å². The molecule has 1 amide bonds. The van der Waals surface area contributed by atoms with E-state index in [9.17, 15) is 14.9 Å². The van der Waals surface area contributed by atoms with Crippen molar-refractivity contribution in [1.29, 1.82) is 5.26 Å². The Morgan fingerprint density at radius 3 is 2.30 bits per heavy atom. The molecule has 4 heterocycles. The summed E-state index contributed by atoms with van der Waals surface area (Å²) in [6, 6.07) is 5.00. The Morgan fingerprint density at radius 1 is 1.09 bits per heavy atom. The number of aromatic nitrogens is 3. The highest BCUT2D eigenvalue weighted by atomic mass is 35.5. The van der Waals surface area contributed by atoms with Crippen LogP contribution in [0.5, 0.6) is 0 Å². The predicted molar refractivity (Wildman–Crippen MR) is 192 cm³/mol. The zero-order valence-electron chi connectivity index (χ0n) is 26.1. The van der Waals surface area contributed by atoms with Crippen LogP contribution in [0, 0.1) is 18.3 Å². The third-order valence-electron chi connectivity index (χ3n) is 8.31. The SMILES string of the molecule is C=CC(=O)N1[C@H](C)CN(c2c(C#N)c(=O)n(-c3c(C)ccnc3C(C)C)c3nc(-c4c(Cl)c(N)c(Cl)c(Cl)c4Cl)c(Cl)cc23)C[C@@H]1C. The van der Waals surface area contributed by atoms with Crippen LogP contribution in [0.25, 0.3) is 28.0 Å². The molecule has 0 bridgehead atoms. The number of piperazine rings is 1. The maximum absolute atomic E-state index is 14.6. The summed E-state index contributed by atoms with van der Waals surface area (Å²) in [7, 11) is 0. The largest absolute Gasteiger partial charge is 0.396 e. The lowest BCUT2D eigenvalue weighted by Crippen LogP contribution is -2.58. The quantitative estimate of drug-likeness (QED) is 0.0950. The van der Waals surface area contributed by atoms with Gasteiger partial charge in [0.25, 0.3) is 5.56 Å². The Morgan fingerprint density at radius 2 is 1.72 bits per heavy atom. The van der Waals surface area contributed by atoms with Gasteiger partial charge in [0.05, 0.1) is 53.6 Å². The molecule has 0 unspecified atom stereocenters. The van der Waals surface area contributed by atoms with Gasteiger partial charge in [-0.3, -0.25) is 19.1 Å². The van der Waals surface area contributed by atoms with Crippen LogP contribution in [0.3, 0.4) is 0 Å². The second kappa shape index (κ2) is 13.2. The van der Waals surface area contributed by atoms with E-state index in [2.05, 4.69) is 17.6 Å². The maximum atomic E-state index is 14.6. The van der Waals surface area contributed by atoms with E-state index >= 15 is 0 Å². The van der Waals surface area contributed by atoms with Crippen molar-refractivity contribution in [2.45, 2.75) is 52.6 Å². The Bertz CT molecular complexity index is 2050. The minimum absolute atomic E-state index is 0.0197. The number of halogens is 5. The monoisotopic (exact) mass is 731 g/mol. The smallest absolute Gasteiger partial charge is 0.276 e. The van der Waals surface area contributed by atoms with Gasteiger partial charge in [0.1, 0.15) is 17.3 Å². The average Bonchev–Trinajstić information content (AvgIpc) is 3.02. The highest BCUT2D eigenvalue weighted by Crippen LogP contribution is 2.49. The molecule has 9 nitrogen and oxygen atoms in total. The molecule has 0 aliphatic carbocycles. The summed E-state index contributed by atoms with van der Waals surface area (Å²) >= 11 is 33.0. The van der Waals surface area contributed by atoms with Gasteiger partial charge in [-0.25, -0.2) is 4.98 Å². The molecule has 1 aliphatic heterocycles. The van der Waals surface area contributed by atoms with E-state index < -0.39 is 5.56 Å². The van der Waals surface area contributed by atoms with E-state index in [1.807, 2.05) is 39.5 Å².